The van der Waals surface area contributed by atoms with E-state index in [4.69, 9.17) is 4.98 Å². The van der Waals surface area contributed by atoms with Gasteiger partial charge in [-0.15, -0.1) is 35.9 Å². The normalized spacial score (nSPS) is 14.5. The van der Waals surface area contributed by atoms with E-state index < -0.39 is 0 Å². The number of pyridine rings is 1. The molecule has 2 aromatic carbocycles. The number of hydrogen-bond donors (Lipinski definition) is 0. The minimum Gasteiger partial charge on any atom is -0.355 e. The molecule has 144 valence electrons. The van der Waals surface area contributed by atoms with Gasteiger partial charge >= 0.3 is 0 Å². The van der Waals surface area contributed by atoms with Crippen LogP contribution in [0.25, 0.3) is 22.0 Å². The molecule has 0 saturated carbocycles. The molecule has 0 bridgehead atoms. The number of rotatable bonds is 4. The molecule has 1 aliphatic rings. The van der Waals surface area contributed by atoms with Gasteiger partial charge in [-0.05, 0) is 16.5 Å². The molecule has 4 heteroatoms. The molecule has 28 heavy (non-hydrogen) atoms. The summed E-state index contributed by atoms with van der Waals surface area (Å²) in [6, 6.07) is 21.6. The van der Waals surface area contributed by atoms with Gasteiger partial charge in [-0.25, -0.2) is 0 Å². The first-order chi connectivity index (χ1) is 12.9. The number of ketones is 1. The van der Waals surface area contributed by atoms with Gasteiger partial charge in [-0.3, -0.25) is 9.78 Å². The van der Waals surface area contributed by atoms with Crippen LogP contribution in [0.5, 0.6) is 0 Å². The average molecular weight is 541 g/mol. The summed E-state index contributed by atoms with van der Waals surface area (Å²) >= 11 is 0. The van der Waals surface area contributed by atoms with Gasteiger partial charge in [0.1, 0.15) is 11.6 Å². The molecule has 4 rings (SSSR count). The van der Waals surface area contributed by atoms with Crippen molar-refractivity contribution in [1.29, 1.82) is 0 Å². The molecule has 0 N–H and O–H groups in total. The van der Waals surface area contributed by atoms with E-state index >= 15 is 0 Å². The quantitative estimate of drug-likeness (QED) is 0.429. The van der Waals surface area contributed by atoms with E-state index in [0.29, 0.717) is 12.2 Å². The van der Waals surface area contributed by atoms with E-state index in [9.17, 15) is 4.79 Å². The Bertz CT molecular complexity index is 973. The fourth-order valence-electron chi connectivity index (χ4n) is 3.63. The van der Waals surface area contributed by atoms with Gasteiger partial charge in [0.05, 0.1) is 5.92 Å². The summed E-state index contributed by atoms with van der Waals surface area (Å²) in [6.07, 6.45) is 0.638. The number of fused-ring (bicyclic) bond motifs is 1. The minimum absolute atomic E-state index is 0. The van der Waals surface area contributed by atoms with E-state index in [1.54, 1.807) is 0 Å². The van der Waals surface area contributed by atoms with E-state index in [-0.39, 0.29) is 32.4 Å². The number of benzene rings is 2. The smallest absolute Gasteiger partial charge is 0.140 e. The Balaban J connectivity index is 0.00000225. The van der Waals surface area contributed by atoms with Crippen LogP contribution in [0.15, 0.2) is 54.6 Å². The molecule has 2 heterocycles. The van der Waals surface area contributed by atoms with Crippen LogP contribution in [0.3, 0.4) is 0 Å². The Kier molecular flexibility index (Phi) is 6.05. The molecule has 1 aromatic heterocycles. The van der Waals surface area contributed by atoms with E-state index in [2.05, 4.69) is 56.0 Å². The van der Waals surface area contributed by atoms with Gasteiger partial charge in [0.25, 0.3) is 0 Å². The molecule has 0 unspecified atom stereocenters. The van der Waals surface area contributed by atoms with Gasteiger partial charge in [0, 0.05) is 46.0 Å². The van der Waals surface area contributed by atoms with E-state index in [1.165, 1.54) is 5.39 Å². The zero-order chi connectivity index (χ0) is 19.0. The van der Waals surface area contributed by atoms with Crippen LogP contribution in [0.4, 0.5) is 5.82 Å². The third-order valence-electron chi connectivity index (χ3n) is 5.05. The zero-order valence-electron chi connectivity index (χ0n) is 16.6. The first-order valence-electron chi connectivity index (χ1n) is 9.55. The van der Waals surface area contributed by atoms with Crippen molar-refractivity contribution < 1.29 is 25.9 Å². The zero-order valence-corrected chi connectivity index (χ0v) is 19.5. The van der Waals surface area contributed by atoms with Crippen molar-refractivity contribution in [2.45, 2.75) is 27.2 Å². The molecule has 0 atom stereocenters. The second kappa shape index (κ2) is 8.17. The van der Waals surface area contributed by atoms with Crippen LogP contribution in [-0.4, -0.2) is 23.9 Å². The molecular formula is C24H25N2OW-. The van der Waals surface area contributed by atoms with Crippen LogP contribution in [0, 0.1) is 17.4 Å². The summed E-state index contributed by atoms with van der Waals surface area (Å²) in [7, 11) is 0. The van der Waals surface area contributed by atoms with Gasteiger partial charge < -0.3 is 4.90 Å². The average Bonchev–Trinajstić information content (AvgIpc) is 2.59. The molecule has 1 saturated heterocycles. The van der Waals surface area contributed by atoms with Crippen LogP contribution >= 0.6 is 0 Å². The topological polar surface area (TPSA) is 33.2 Å². The molecule has 0 radical (unpaired) electrons. The Labute approximate surface area is 181 Å². The molecule has 3 aromatic rings. The van der Waals surface area contributed by atoms with Crippen molar-refractivity contribution in [2.75, 3.05) is 18.0 Å². The molecule has 1 fully saturated rings. The summed E-state index contributed by atoms with van der Waals surface area (Å²) in [5, 5.41) is 2.30. The summed E-state index contributed by atoms with van der Waals surface area (Å²) in [6.45, 7) is 7.88. The fourth-order valence-corrected chi connectivity index (χ4v) is 3.63. The SMILES string of the molecule is CC(C)(C)CC(=O)C1CN(c2nc(-c3[c-]cccc3)cc3ccccc23)C1.[W]. The maximum atomic E-state index is 12.5. The number of aromatic nitrogens is 1. The van der Waals surface area contributed by atoms with Crippen molar-refractivity contribution in [1.82, 2.24) is 4.98 Å². The number of hydrogen-bond acceptors (Lipinski definition) is 3. The van der Waals surface area contributed by atoms with Crippen LogP contribution in [-0.2, 0) is 25.9 Å². The monoisotopic (exact) mass is 541 g/mol. The summed E-state index contributed by atoms with van der Waals surface area (Å²) in [5.41, 5.74) is 1.96. The van der Waals surface area contributed by atoms with Crippen LogP contribution < -0.4 is 4.90 Å². The number of nitrogens with zero attached hydrogens (tertiary/aromatic N) is 2. The van der Waals surface area contributed by atoms with E-state index in [1.807, 2.05) is 30.3 Å². The van der Waals surface area contributed by atoms with Crippen molar-refractivity contribution in [3.05, 3.63) is 60.7 Å². The Morgan fingerprint density at radius 3 is 2.54 bits per heavy atom. The second-order valence-electron chi connectivity index (χ2n) is 8.63. The molecule has 0 amide bonds. The van der Waals surface area contributed by atoms with Crippen LogP contribution in [0.1, 0.15) is 27.2 Å². The van der Waals surface area contributed by atoms with Crippen molar-refractivity contribution in [2.24, 2.45) is 11.3 Å². The molecular weight excluding hydrogens is 516 g/mol. The first kappa shape index (κ1) is 20.7. The van der Waals surface area contributed by atoms with Crippen molar-refractivity contribution in [3.8, 4) is 11.3 Å². The number of carbonyl (C=O) groups excluding carboxylic acids is 1. The largest absolute Gasteiger partial charge is 0.355 e. The number of carbonyl (C=O) groups is 1. The second-order valence-corrected chi connectivity index (χ2v) is 8.63. The molecule has 0 aliphatic carbocycles. The summed E-state index contributed by atoms with van der Waals surface area (Å²) in [5.74, 6) is 1.47. The van der Waals surface area contributed by atoms with Gasteiger partial charge in [-0.2, -0.15) is 0 Å². The molecule has 3 nitrogen and oxygen atoms in total. The number of anilines is 1. The standard InChI is InChI=1S/C24H25N2O.W/c1-24(2,3)14-22(27)19-15-26(16-19)23-20-12-8-7-11-18(20)13-21(25-23)17-9-5-4-6-10-17;/h4-9,11-13,19H,14-16H2,1-3H3;/q-1;. The first-order valence-corrected chi connectivity index (χ1v) is 9.55. The molecule has 1 aliphatic heterocycles. The Hall–Kier alpha value is -1.99. The fraction of sp³-hybridized carbons (Fsp3) is 0.333. The summed E-state index contributed by atoms with van der Waals surface area (Å²) in [4.78, 5) is 19.7. The van der Waals surface area contributed by atoms with E-state index in [0.717, 1.165) is 35.6 Å². The third kappa shape index (κ3) is 4.36. The maximum Gasteiger partial charge on any atom is 0.140 e. The predicted molar refractivity (Wildman–Crippen MR) is 111 cm³/mol. The van der Waals surface area contributed by atoms with Crippen molar-refractivity contribution >= 4 is 22.4 Å². The Morgan fingerprint density at radius 1 is 1.14 bits per heavy atom. The van der Waals surface area contributed by atoms with Gasteiger partial charge in [0.15, 0.2) is 0 Å². The minimum atomic E-state index is 0. The van der Waals surface area contributed by atoms with Crippen molar-refractivity contribution in [3.63, 3.8) is 0 Å². The molecule has 0 spiro atoms. The van der Waals surface area contributed by atoms with Gasteiger partial charge in [-0.1, -0.05) is 51.1 Å². The predicted octanol–water partition coefficient (Wildman–Crippen LogP) is 5.14. The number of Topliss-reactive ketones (excluding diaryl/α,β-unsaturated/α-hetero) is 1. The van der Waals surface area contributed by atoms with Crippen LogP contribution in [0.2, 0.25) is 0 Å². The summed E-state index contributed by atoms with van der Waals surface area (Å²) < 4.78 is 0. The Morgan fingerprint density at radius 2 is 1.86 bits per heavy atom. The van der Waals surface area contributed by atoms with Gasteiger partial charge in [0.2, 0.25) is 0 Å². The maximum absolute atomic E-state index is 12.5. The third-order valence-corrected chi connectivity index (χ3v) is 5.05.